The zero-order chi connectivity index (χ0) is 22.5. The lowest BCUT2D eigenvalue weighted by Crippen LogP contribution is -2.51. The van der Waals surface area contributed by atoms with Crippen molar-refractivity contribution >= 4 is 11.6 Å². The molecule has 2 aromatic carbocycles. The van der Waals surface area contributed by atoms with E-state index in [9.17, 15) is 14.7 Å². The van der Waals surface area contributed by atoms with Crippen molar-refractivity contribution in [1.29, 1.82) is 0 Å². The van der Waals surface area contributed by atoms with E-state index in [0.717, 1.165) is 11.4 Å². The van der Waals surface area contributed by atoms with Crippen LogP contribution in [0.1, 0.15) is 38.0 Å². The SMILES string of the molecule is Cc1cccc(C2[C@@H](C(=O)c3ccccc3)CN(CCO)C[C@@H]2C(=O)c2ccccc2)n1. The van der Waals surface area contributed by atoms with Crippen LogP contribution < -0.4 is 0 Å². The molecule has 0 aliphatic carbocycles. The Bertz CT molecular complexity index is 1010. The second kappa shape index (κ2) is 9.98. The molecule has 0 unspecified atom stereocenters. The predicted molar refractivity (Wildman–Crippen MR) is 124 cm³/mol. The maximum Gasteiger partial charge on any atom is 0.167 e. The van der Waals surface area contributed by atoms with E-state index in [1.54, 1.807) is 0 Å². The van der Waals surface area contributed by atoms with Crippen LogP contribution in [0.4, 0.5) is 0 Å². The van der Waals surface area contributed by atoms with Crippen LogP contribution in [0.3, 0.4) is 0 Å². The van der Waals surface area contributed by atoms with E-state index in [-0.39, 0.29) is 24.1 Å². The van der Waals surface area contributed by atoms with Crippen molar-refractivity contribution in [2.75, 3.05) is 26.2 Å². The molecule has 1 aliphatic rings. The number of aliphatic hydroxyl groups excluding tert-OH is 1. The topological polar surface area (TPSA) is 70.5 Å². The number of likely N-dealkylation sites (tertiary alicyclic amines) is 1. The largest absolute Gasteiger partial charge is 0.395 e. The number of hydrogen-bond acceptors (Lipinski definition) is 5. The lowest BCUT2D eigenvalue weighted by Gasteiger charge is -2.42. The van der Waals surface area contributed by atoms with Gasteiger partial charge in [0.2, 0.25) is 0 Å². The van der Waals surface area contributed by atoms with Gasteiger partial charge in [0.1, 0.15) is 0 Å². The average molecular weight is 429 g/mol. The summed E-state index contributed by atoms with van der Waals surface area (Å²) in [5, 5.41) is 9.60. The quantitative estimate of drug-likeness (QED) is 0.580. The minimum absolute atomic E-state index is 0.00686. The van der Waals surface area contributed by atoms with Gasteiger partial charge in [-0.3, -0.25) is 19.5 Å². The lowest BCUT2D eigenvalue weighted by atomic mass is 9.70. The summed E-state index contributed by atoms with van der Waals surface area (Å²) in [7, 11) is 0. The summed E-state index contributed by atoms with van der Waals surface area (Å²) in [5.74, 6) is -1.21. The standard InChI is InChI=1S/C27H28N2O3/c1-19-9-8-14-24(28-19)25-22(26(31)20-10-4-2-5-11-20)17-29(15-16-30)18-23(25)27(32)21-12-6-3-7-13-21/h2-14,22-23,25,30H,15-18H2,1H3/t22-,23-/m0/s1. The fourth-order valence-corrected chi connectivity index (χ4v) is 4.75. The van der Waals surface area contributed by atoms with Gasteiger partial charge >= 0.3 is 0 Å². The number of benzene rings is 2. The number of ketones is 2. The van der Waals surface area contributed by atoms with Crippen LogP contribution in [0.15, 0.2) is 78.9 Å². The van der Waals surface area contributed by atoms with Crippen molar-refractivity contribution in [2.45, 2.75) is 12.8 Å². The molecule has 1 saturated heterocycles. The maximum atomic E-state index is 13.7. The number of aromatic nitrogens is 1. The van der Waals surface area contributed by atoms with E-state index < -0.39 is 11.8 Å². The zero-order valence-corrected chi connectivity index (χ0v) is 18.2. The summed E-state index contributed by atoms with van der Waals surface area (Å²) in [4.78, 5) is 34.2. The zero-order valence-electron chi connectivity index (χ0n) is 18.2. The third-order valence-corrected chi connectivity index (χ3v) is 6.23. The number of rotatable bonds is 7. The summed E-state index contributed by atoms with van der Waals surface area (Å²) >= 11 is 0. The Morgan fingerprint density at radius 1 is 0.844 bits per heavy atom. The van der Waals surface area contributed by atoms with Crippen molar-refractivity contribution in [3.63, 3.8) is 0 Å². The Hall–Kier alpha value is -3.15. The molecule has 0 bridgehead atoms. The third kappa shape index (κ3) is 4.69. The Balaban J connectivity index is 1.81. The molecule has 1 fully saturated rings. The van der Waals surface area contributed by atoms with Crippen LogP contribution in [0.25, 0.3) is 0 Å². The Morgan fingerprint density at radius 2 is 1.38 bits per heavy atom. The van der Waals surface area contributed by atoms with Gasteiger partial charge in [0, 0.05) is 59.9 Å². The number of carbonyl (C=O) groups is 2. The molecular weight excluding hydrogens is 400 g/mol. The molecule has 1 N–H and O–H groups in total. The Morgan fingerprint density at radius 3 is 1.84 bits per heavy atom. The average Bonchev–Trinajstić information content (AvgIpc) is 2.84. The fraction of sp³-hybridized carbons (Fsp3) is 0.296. The third-order valence-electron chi connectivity index (χ3n) is 6.23. The minimum atomic E-state index is -0.440. The number of piperidine rings is 1. The number of carbonyl (C=O) groups excluding carboxylic acids is 2. The number of pyridine rings is 1. The summed E-state index contributed by atoms with van der Waals surface area (Å²) in [6, 6.07) is 24.3. The Labute approximate surface area is 188 Å². The smallest absolute Gasteiger partial charge is 0.167 e. The van der Waals surface area contributed by atoms with Crippen molar-refractivity contribution in [3.05, 3.63) is 101 Å². The second-order valence-corrected chi connectivity index (χ2v) is 8.39. The number of Topliss-reactive ketones (excluding diaryl/α,β-unsaturated/α-hetero) is 2. The van der Waals surface area contributed by atoms with Crippen LogP contribution in [0.2, 0.25) is 0 Å². The molecule has 2 heterocycles. The number of aliphatic hydroxyl groups is 1. The normalized spacial score (nSPS) is 19.6. The van der Waals surface area contributed by atoms with Crippen molar-refractivity contribution < 1.29 is 14.7 Å². The molecule has 0 saturated carbocycles. The van der Waals surface area contributed by atoms with Gasteiger partial charge in [0.25, 0.3) is 0 Å². The Kier molecular flexibility index (Phi) is 6.88. The first-order valence-electron chi connectivity index (χ1n) is 11.0. The van der Waals surface area contributed by atoms with Crippen LogP contribution >= 0.6 is 0 Å². The molecule has 4 rings (SSSR count). The van der Waals surface area contributed by atoms with E-state index >= 15 is 0 Å². The van der Waals surface area contributed by atoms with Crippen LogP contribution in [-0.4, -0.2) is 52.8 Å². The molecule has 1 aromatic heterocycles. The highest BCUT2D eigenvalue weighted by atomic mass is 16.3. The molecule has 0 spiro atoms. The highest BCUT2D eigenvalue weighted by Gasteiger charge is 2.45. The first-order chi connectivity index (χ1) is 15.6. The fourth-order valence-electron chi connectivity index (χ4n) is 4.75. The van der Waals surface area contributed by atoms with Gasteiger partial charge in [-0.05, 0) is 19.1 Å². The number of aryl methyl sites for hydroxylation is 1. The van der Waals surface area contributed by atoms with Crippen molar-refractivity contribution in [1.82, 2.24) is 9.88 Å². The second-order valence-electron chi connectivity index (χ2n) is 8.39. The van der Waals surface area contributed by atoms with Crippen molar-refractivity contribution in [2.24, 2.45) is 11.8 Å². The molecule has 164 valence electrons. The first kappa shape index (κ1) is 22.1. The summed E-state index contributed by atoms with van der Waals surface area (Å²) < 4.78 is 0. The van der Waals surface area contributed by atoms with Gasteiger partial charge in [0.05, 0.1) is 6.61 Å². The summed E-state index contributed by atoms with van der Waals surface area (Å²) in [6.07, 6.45) is 0. The maximum absolute atomic E-state index is 13.7. The molecular formula is C27H28N2O3. The molecule has 32 heavy (non-hydrogen) atoms. The number of β-amino-alcohol motifs (C(OH)–C–C–N with tert-alkyl or cyclic N) is 1. The highest BCUT2D eigenvalue weighted by Crippen LogP contribution is 2.40. The number of hydrogen-bond donors (Lipinski definition) is 1. The van der Waals surface area contributed by atoms with Crippen molar-refractivity contribution in [3.8, 4) is 0 Å². The molecule has 1 aliphatic heterocycles. The highest BCUT2D eigenvalue weighted by molar-refractivity contribution is 6.02. The summed E-state index contributed by atoms with van der Waals surface area (Å²) in [5.41, 5.74) is 2.90. The monoisotopic (exact) mass is 428 g/mol. The van der Waals surface area contributed by atoms with Crippen LogP contribution in [0, 0.1) is 18.8 Å². The van der Waals surface area contributed by atoms with Gasteiger partial charge in [0.15, 0.2) is 11.6 Å². The minimum Gasteiger partial charge on any atom is -0.395 e. The molecule has 2 atom stereocenters. The van der Waals surface area contributed by atoms with E-state index in [2.05, 4.69) is 0 Å². The van der Waals surface area contributed by atoms with E-state index in [1.165, 1.54) is 0 Å². The first-order valence-corrected chi connectivity index (χ1v) is 11.0. The van der Waals surface area contributed by atoms with Gasteiger partial charge in [-0.25, -0.2) is 0 Å². The van der Waals surface area contributed by atoms with Crippen LogP contribution in [0.5, 0.6) is 0 Å². The molecule has 5 heteroatoms. The van der Waals surface area contributed by atoms with Gasteiger partial charge in [-0.15, -0.1) is 0 Å². The van der Waals surface area contributed by atoms with E-state index in [4.69, 9.17) is 4.98 Å². The molecule has 0 amide bonds. The predicted octanol–water partition coefficient (Wildman–Crippen LogP) is 3.78. The number of nitrogens with zero attached hydrogens (tertiary/aromatic N) is 2. The molecule has 0 radical (unpaired) electrons. The van der Waals surface area contributed by atoms with Gasteiger partial charge in [-0.2, -0.15) is 0 Å². The lowest BCUT2D eigenvalue weighted by molar-refractivity contribution is 0.0524. The summed E-state index contributed by atoms with van der Waals surface area (Å²) in [6.45, 7) is 3.28. The van der Waals surface area contributed by atoms with E-state index in [1.807, 2.05) is 90.7 Å². The molecule has 5 nitrogen and oxygen atoms in total. The molecule has 3 aromatic rings. The van der Waals surface area contributed by atoms with Crippen LogP contribution in [-0.2, 0) is 0 Å². The van der Waals surface area contributed by atoms with Gasteiger partial charge < -0.3 is 5.11 Å². The van der Waals surface area contributed by atoms with Gasteiger partial charge in [-0.1, -0.05) is 66.7 Å². The van der Waals surface area contributed by atoms with E-state index in [0.29, 0.717) is 30.8 Å².